The average molecular weight is 391 g/mol. The van der Waals surface area contributed by atoms with Crippen molar-refractivity contribution in [1.82, 2.24) is 10.3 Å². The van der Waals surface area contributed by atoms with Gasteiger partial charge < -0.3 is 5.32 Å². The molecule has 0 aliphatic heterocycles. The second kappa shape index (κ2) is 8.69. The van der Waals surface area contributed by atoms with E-state index in [1.165, 1.54) is 11.8 Å². The van der Waals surface area contributed by atoms with E-state index in [4.69, 9.17) is 11.6 Å². The lowest BCUT2D eigenvalue weighted by molar-refractivity contribution is 0.0909. The number of halogens is 1. The van der Waals surface area contributed by atoms with Gasteiger partial charge in [0.2, 0.25) is 0 Å². The van der Waals surface area contributed by atoms with Gasteiger partial charge >= 0.3 is 0 Å². The molecule has 26 heavy (non-hydrogen) atoms. The van der Waals surface area contributed by atoms with Crippen molar-refractivity contribution in [3.8, 4) is 0 Å². The van der Waals surface area contributed by atoms with Crippen LogP contribution in [0.1, 0.15) is 48.4 Å². The average Bonchev–Trinajstić information content (AvgIpc) is 2.59. The molecule has 0 unspecified atom stereocenters. The predicted octanol–water partition coefficient (Wildman–Crippen LogP) is 4.87. The quantitative estimate of drug-likeness (QED) is 0.564. The fourth-order valence-electron chi connectivity index (χ4n) is 1.96. The number of hydrogen-bond acceptors (Lipinski definition) is 4. The van der Waals surface area contributed by atoms with Crippen LogP contribution in [0.5, 0.6) is 0 Å². The molecule has 0 saturated carbocycles. The van der Waals surface area contributed by atoms with Gasteiger partial charge in [-0.1, -0.05) is 44.1 Å². The number of carbonyl (C=O) groups excluding carboxylic acids is 2. The molecule has 0 aliphatic rings. The van der Waals surface area contributed by atoms with E-state index in [0.717, 1.165) is 0 Å². The molecule has 1 N–H and O–H groups in total. The summed E-state index contributed by atoms with van der Waals surface area (Å²) in [5.41, 5.74) is 1.12. The maximum atomic E-state index is 12.3. The molecule has 1 heterocycles. The van der Waals surface area contributed by atoms with Crippen molar-refractivity contribution in [3.05, 3.63) is 58.7 Å². The maximum Gasteiger partial charge on any atom is 0.253 e. The molecule has 138 valence electrons. The Labute approximate surface area is 163 Å². The first kappa shape index (κ1) is 20.5. The molecule has 0 aliphatic carbocycles. The van der Waals surface area contributed by atoms with Crippen molar-refractivity contribution >= 4 is 35.1 Å². The van der Waals surface area contributed by atoms with Crippen LogP contribution in [-0.4, -0.2) is 28.5 Å². The number of amides is 1. The third kappa shape index (κ3) is 5.85. The molecule has 0 saturated heterocycles. The third-order valence-electron chi connectivity index (χ3n) is 4.16. The van der Waals surface area contributed by atoms with Crippen LogP contribution in [0.25, 0.3) is 0 Å². The van der Waals surface area contributed by atoms with Crippen LogP contribution in [0.15, 0.2) is 47.6 Å². The summed E-state index contributed by atoms with van der Waals surface area (Å²) < 4.78 is 0. The first-order valence-corrected chi connectivity index (χ1v) is 9.71. The molecular weight excluding hydrogens is 368 g/mol. The number of rotatable bonds is 6. The number of ketones is 1. The molecule has 2 rings (SSSR count). The van der Waals surface area contributed by atoms with E-state index in [-0.39, 0.29) is 28.9 Å². The van der Waals surface area contributed by atoms with Crippen LogP contribution in [0, 0.1) is 5.41 Å². The second-order valence-corrected chi connectivity index (χ2v) is 8.60. The minimum absolute atomic E-state index is 0.00860. The first-order valence-electron chi connectivity index (χ1n) is 8.35. The zero-order chi connectivity index (χ0) is 19.3. The highest BCUT2D eigenvalue weighted by Gasteiger charge is 2.22. The van der Waals surface area contributed by atoms with Crippen LogP contribution >= 0.6 is 23.4 Å². The van der Waals surface area contributed by atoms with Gasteiger partial charge in [-0.25, -0.2) is 4.98 Å². The molecule has 4 nitrogen and oxygen atoms in total. The minimum Gasteiger partial charge on any atom is -0.349 e. The van der Waals surface area contributed by atoms with Crippen molar-refractivity contribution in [2.45, 2.75) is 38.8 Å². The summed E-state index contributed by atoms with van der Waals surface area (Å²) >= 11 is 7.17. The standard InChI is InChI=1S/C20H23ClN2O2S/c1-13(20(2,3)4)23-19(25)15-7-10-18(22-11-15)26-12-17(24)14-5-8-16(21)9-6-14/h5-11,13H,12H2,1-4H3,(H,23,25)/t13-/m1/s1. The van der Waals surface area contributed by atoms with Gasteiger partial charge in [-0.15, -0.1) is 0 Å². The molecule has 1 aromatic carbocycles. The summed E-state index contributed by atoms with van der Waals surface area (Å²) in [7, 11) is 0. The van der Waals surface area contributed by atoms with Crippen molar-refractivity contribution in [2.24, 2.45) is 5.41 Å². The predicted molar refractivity (Wildman–Crippen MR) is 107 cm³/mol. The SMILES string of the molecule is C[C@@H](NC(=O)c1ccc(SCC(=O)c2ccc(Cl)cc2)nc1)C(C)(C)C. The fourth-order valence-corrected chi connectivity index (χ4v) is 2.82. The van der Waals surface area contributed by atoms with Crippen LogP contribution in [0.3, 0.4) is 0 Å². The summed E-state index contributed by atoms with van der Waals surface area (Å²) in [6, 6.07) is 10.3. The number of carbonyl (C=O) groups is 2. The molecule has 2 aromatic rings. The largest absolute Gasteiger partial charge is 0.349 e. The van der Waals surface area contributed by atoms with E-state index in [2.05, 4.69) is 31.1 Å². The monoisotopic (exact) mass is 390 g/mol. The zero-order valence-corrected chi connectivity index (χ0v) is 16.9. The molecular formula is C20H23ClN2O2S. The van der Waals surface area contributed by atoms with Crippen molar-refractivity contribution in [2.75, 3.05) is 5.75 Å². The summed E-state index contributed by atoms with van der Waals surface area (Å²) in [4.78, 5) is 28.7. The lowest BCUT2D eigenvalue weighted by Gasteiger charge is -2.28. The van der Waals surface area contributed by atoms with Crippen LogP contribution < -0.4 is 5.32 Å². The Morgan fingerprint density at radius 2 is 1.73 bits per heavy atom. The number of aromatic nitrogens is 1. The van der Waals surface area contributed by atoms with Crippen molar-refractivity contribution in [1.29, 1.82) is 0 Å². The van der Waals surface area contributed by atoms with Crippen LogP contribution in [-0.2, 0) is 0 Å². The van der Waals surface area contributed by atoms with E-state index in [0.29, 0.717) is 21.2 Å². The normalized spacial score (nSPS) is 12.5. The number of pyridine rings is 1. The molecule has 0 bridgehead atoms. The molecule has 1 atom stereocenters. The molecule has 0 radical (unpaired) electrons. The Morgan fingerprint density at radius 1 is 1.12 bits per heavy atom. The summed E-state index contributed by atoms with van der Waals surface area (Å²) in [5, 5.41) is 4.29. The van der Waals surface area contributed by atoms with E-state index in [1.807, 2.05) is 6.92 Å². The molecule has 1 aromatic heterocycles. The summed E-state index contributed by atoms with van der Waals surface area (Å²) in [5.74, 6) is 0.143. The fraction of sp³-hybridized carbons (Fsp3) is 0.350. The summed E-state index contributed by atoms with van der Waals surface area (Å²) in [6.45, 7) is 8.22. The number of nitrogens with zero attached hydrogens (tertiary/aromatic N) is 1. The number of hydrogen-bond donors (Lipinski definition) is 1. The maximum absolute atomic E-state index is 12.3. The third-order valence-corrected chi connectivity index (χ3v) is 5.36. The first-order chi connectivity index (χ1) is 12.2. The van der Waals surface area contributed by atoms with Gasteiger partial charge in [0.1, 0.15) is 0 Å². The van der Waals surface area contributed by atoms with Gasteiger partial charge in [0.05, 0.1) is 16.3 Å². The van der Waals surface area contributed by atoms with E-state index < -0.39 is 0 Å². The topological polar surface area (TPSA) is 59.1 Å². The lowest BCUT2D eigenvalue weighted by Crippen LogP contribution is -2.41. The van der Waals surface area contributed by atoms with Gasteiger partial charge in [-0.2, -0.15) is 0 Å². The van der Waals surface area contributed by atoms with E-state index >= 15 is 0 Å². The number of thioether (sulfide) groups is 1. The highest BCUT2D eigenvalue weighted by molar-refractivity contribution is 7.99. The Balaban J connectivity index is 1.92. The van der Waals surface area contributed by atoms with Crippen LogP contribution in [0.2, 0.25) is 5.02 Å². The minimum atomic E-state index is -0.145. The molecule has 0 spiro atoms. The molecule has 6 heteroatoms. The summed E-state index contributed by atoms with van der Waals surface area (Å²) in [6.07, 6.45) is 1.54. The van der Waals surface area contributed by atoms with Crippen molar-refractivity contribution in [3.63, 3.8) is 0 Å². The zero-order valence-electron chi connectivity index (χ0n) is 15.4. The Hall–Kier alpha value is -1.85. The lowest BCUT2D eigenvalue weighted by atomic mass is 9.88. The highest BCUT2D eigenvalue weighted by Crippen LogP contribution is 2.20. The molecule has 0 fully saturated rings. The highest BCUT2D eigenvalue weighted by atomic mass is 35.5. The number of benzene rings is 1. The number of Topliss-reactive ketones (excluding diaryl/α,β-unsaturated/α-hetero) is 1. The second-order valence-electron chi connectivity index (χ2n) is 7.17. The van der Waals surface area contributed by atoms with E-state index in [9.17, 15) is 9.59 Å². The van der Waals surface area contributed by atoms with Gasteiger partial charge in [0.15, 0.2) is 5.78 Å². The van der Waals surface area contributed by atoms with Gasteiger partial charge in [0, 0.05) is 22.8 Å². The Morgan fingerprint density at radius 3 is 2.27 bits per heavy atom. The van der Waals surface area contributed by atoms with Gasteiger partial charge in [0.25, 0.3) is 5.91 Å². The number of nitrogens with one attached hydrogen (secondary N) is 1. The Bertz CT molecular complexity index is 768. The van der Waals surface area contributed by atoms with Crippen LogP contribution in [0.4, 0.5) is 0 Å². The van der Waals surface area contributed by atoms with Gasteiger partial charge in [-0.05, 0) is 48.7 Å². The molecule has 1 amide bonds. The van der Waals surface area contributed by atoms with Gasteiger partial charge in [-0.3, -0.25) is 9.59 Å². The Kier molecular flexibility index (Phi) is 6.84. The smallest absolute Gasteiger partial charge is 0.253 e. The van der Waals surface area contributed by atoms with Crippen molar-refractivity contribution < 1.29 is 9.59 Å². The van der Waals surface area contributed by atoms with E-state index in [1.54, 1.807) is 42.6 Å².